The normalized spacial score (nSPS) is 14.7. The summed E-state index contributed by atoms with van der Waals surface area (Å²) in [6.07, 6.45) is 6.07. The van der Waals surface area contributed by atoms with E-state index < -0.39 is 6.04 Å². The summed E-state index contributed by atoms with van der Waals surface area (Å²) in [5.41, 5.74) is 1.22. The maximum Gasteiger partial charge on any atom is 0.329 e. The van der Waals surface area contributed by atoms with Crippen molar-refractivity contribution in [3.8, 4) is 0 Å². The summed E-state index contributed by atoms with van der Waals surface area (Å²) >= 11 is 6.39. The molecule has 1 heterocycles. The van der Waals surface area contributed by atoms with Crippen molar-refractivity contribution in [3.63, 3.8) is 0 Å². The number of urea groups is 2. The number of aliphatic hydroxyl groups is 1. The Kier molecular flexibility index (Phi) is 17.0. The van der Waals surface area contributed by atoms with Gasteiger partial charge in [-0.25, -0.2) is 9.59 Å². The second kappa shape index (κ2) is 20.9. The molecule has 1 N–H and O–H groups in total. The molecule has 0 aliphatic carbocycles. The van der Waals surface area contributed by atoms with Gasteiger partial charge >= 0.3 is 12.1 Å². The molecule has 48 heavy (non-hydrogen) atoms. The van der Waals surface area contributed by atoms with E-state index in [4.69, 9.17) is 11.6 Å². The van der Waals surface area contributed by atoms with Gasteiger partial charge in [0.1, 0.15) is 6.04 Å². The van der Waals surface area contributed by atoms with E-state index in [9.17, 15) is 19.5 Å². The number of likely N-dealkylation sites (N-methyl/N-ethyl adjacent to an activating group) is 1. The van der Waals surface area contributed by atoms with Crippen LogP contribution in [0.3, 0.4) is 0 Å². The zero-order valence-corrected chi connectivity index (χ0v) is 30.3. The smallest absolute Gasteiger partial charge is 0.329 e. The summed E-state index contributed by atoms with van der Waals surface area (Å²) in [6, 6.07) is 15.0. The van der Waals surface area contributed by atoms with E-state index in [2.05, 4.69) is 32.6 Å². The number of hydrogen-bond acceptors (Lipinski definition) is 5. The molecule has 2 aromatic rings. The predicted octanol–water partition coefficient (Wildman–Crippen LogP) is 6.55. The first-order valence-corrected chi connectivity index (χ1v) is 18.2. The topological polar surface area (TPSA) is 90.9 Å². The second-order valence-corrected chi connectivity index (χ2v) is 12.8. The maximum absolute atomic E-state index is 14.7. The highest BCUT2D eigenvalue weighted by molar-refractivity contribution is 6.31. The highest BCUT2D eigenvalue weighted by atomic mass is 35.5. The number of nitrogens with zero attached hydrogens (tertiary/aromatic N) is 6. The van der Waals surface area contributed by atoms with Crippen LogP contribution in [0.15, 0.2) is 54.6 Å². The summed E-state index contributed by atoms with van der Waals surface area (Å²) in [6.45, 7) is 13.0. The molecule has 0 saturated carbocycles. The fourth-order valence-electron chi connectivity index (χ4n) is 6.16. The molecule has 1 saturated heterocycles. The summed E-state index contributed by atoms with van der Waals surface area (Å²) < 4.78 is 0. The number of carbonyl (C=O) groups excluding carboxylic acids is 3. The van der Waals surface area contributed by atoms with Gasteiger partial charge in [0.05, 0.1) is 24.5 Å². The SMILES string of the molecule is CCCCCN(CCCCC)C(=O)N1CCN(C(=O)N(c2ccccc2)c2cccc(Cl)c2)C(C(=O)N(CCO)CCN(CC)CC)C1. The summed E-state index contributed by atoms with van der Waals surface area (Å²) in [5, 5.41) is 10.5. The molecule has 10 nitrogen and oxygen atoms in total. The summed E-state index contributed by atoms with van der Waals surface area (Å²) in [7, 11) is 0. The van der Waals surface area contributed by atoms with Gasteiger partial charge in [-0.05, 0) is 56.3 Å². The molecule has 0 radical (unpaired) electrons. The fourth-order valence-corrected chi connectivity index (χ4v) is 6.35. The van der Waals surface area contributed by atoms with Crippen molar-refractivity contribution >= 4 is 40.9 Å². The van der Waals surface area contributed by atoms with Crippen LogP contribution in [-0.4, -0.2) is 126 Å². The molecule has 1 fully saturated rings. The number of benzene rings is 2. The highest BCUT2D eigenvalue weighted by Gasteiger charge is 2.42. The van der Waals surface area contributed by atoms with Gasteiger partial charge in [-0.15, -0.1) is 0 Å². The molecule has 2 aromatic carbocycles. The van der Waals surface area contributed by atoms with E-state index in [1.165, 1.54) is 0 Å². The Morgan fingerprint density at radius 3 is 1.98 bits per heavy atom. The van der Waals surface area contributed by atoms with Crippen molar-refractivity contribution in [3.05, 3.63) is 59.6 Å². The first kappa shape index (κ1) is 39.1. The van der Waals surface area contributed by atoms with Crippen molar-refractivity contribution < 1.29 is 19.5 Å². The average Bonchev–Trinajstić information content (AvgIpc) is 3.10. The second-order valence-electron chi connectivity index (χ2n) is 12.3. The Bertz CT molecular complexity index is 1250. The number of aliphatic hydroxyl groups excluding tert-OH is 1. The Morgan fingerprint density at radius 2 is 1.40 bits per heavy atom. The predicted molar refractivity (Wildman–Crippen MR) is 195 cm³/mol. The van der Waals surface area contributed by atoms with Gasteiger partial charge in [0, 0.05) is 50.8 Å². The molecule has 0 spiro atoms. The maximum atomic E-state index is 14.7. The number of rotatable bonds is 18. The lowest BCUT2D eigenvalue weighted by Crippen LogP contribution is -2.65. The quantitative estimate of drug-likeness (QED) is 0.180. The third-order valence-electron chi connectivity index (χ3n) is 9.05. The van der Waals surface area contributed by atoms with Gasteiger partial charge in [-0.2, -0.15) is 0 Å². The van der Waals surface area contributed by atoms with Crippen molar-refractivity contribution in [1.82, 2.24) is 24.5 Å². The number of hydrogen-bond donors (Lipinski definition) is 1. The third kappa shape index (κ3) is 11.1. The standard InChI is InChI=1S/C37H57ClN6O4/c1-5-9-14-21-41(22-15-10-6-2)36(47)42-25-26-43(34(30-42)35(46)40(27-28-45)24-23-39(7-3)8-4)37(48)44(32-18-12-11-13-19-32)33-20-16-17-31(38)29-33/h11-13,16-20,29,34,45H,5-10,14-15,21-28,30H2,1-4H3. The van der Waals surface area contributed by atoms with Crippen LogP contribution in [0.4, 0.5) is 21.0 Å². The molecule has 0 aromatic heterocycles. The van der Waals surface area contributed by atoms with E-state index in [-0.39, 0.29) is 44.2 Å². The van der Waals surface area contributed by atoms with Crippen molar-refractivity contribution in [2.75, 3.05) is 77.0 Å². The Balaban J connectivity index is 2.00. The molecule has 3 rings (SSSR count). The van der Waals surface area contributed by atoms with E-state index in [0.29, 0.717) is 49.1 Å². The lowest BCUT2D eigenvalue weighted by molar-refractivity contribution is -0.138. The first-order chi connectivity index (χ1) is 23.3. The Labute approximate surface area is 293 Å². The first-order valence-electron chi connectivity index (χ1n) is 17.9. The fraction of sp³-hybridized carbons (Fsp3) is 0.595. The number of amides is 5. The van der Waals surface area contributed by atoms with E-state index in [1.807, 2.05) is 41.3 Å². The van der Waals surface area contributed by atoms with Gasteiger partial charge in [0.25, 0.3) is 0 Å². The Morgan fingerprint density at radius 1 is 0.750 bits per heavy atom. The van der Waals surface area contributed by atoms with E-state index in [0.717, 1.165) is 51.6 Å². The van der Waals surface area contributed by atoms with Gasteiger partial charge in [-0.3, -0.25) is 9.69 Å². The van der Waals surface area contributed by atoms with Gasteiger partial charge in [-0.1, -0.05) is 89.2 Å². The van der Waals surface area contributed by atoms with Crippen molar-refractivity contribution in [2.24, 2.45) is 0 Å². The zero-order chi connectivity index (χ0) is 34.9. The van der Waals surface area contributed by atoms with Crippen LogP contribution in [-0.2, 0) is 4.79 Å². The van der Waals surface area contributed by atoms with Gasteiger partial charge < -0.3 is 29.6 Å². The van der Waals surface area contributed by atoms with Gasteiger partial charge in [0.2, 0.25) is 5.91 Å². The third-order valence-corrected chi connectivity index (χ3v) is 9.28. The van der Waals surface area contributed by atoms with Crippen LogP contribution < -0.4 is 4.90 Å². The summed E-state index contributed by atoms with van der Waals surface area (Å²) in [5.74, 6) is -0.273. The largest absolute Gasteiger partial charge is 0.395 e. The van der Waals surface area contributed by atoms with Crippen LogP contribution >= 0.6 is 11.6 Å². The molecule has 11 heteroatoms. The van der Waals surface area contributed by atoms with E-state index in [1.54, 1.807) is 37.8 Å². The Hall–Kier alpha value is -3.34. The highest BCUT2D eigenvalue weighted by Crippen LogP contribution is 2.30. The number of anilines is 2. The molecular weight excluding hydrogens is 628 g/mol. The number of carbonyl (C=O) groups is 3. The number of unbranched alkanes of at least 4 members (excludes halogenated alkanes) is 4. The summed E-state index contributed by atoms with van der Waals surface area (Å²) in [4.78, 5) is 54.0. The minimum Gasteiger partial charge on any atom is -0.395 e. The van der Waals surface area contributed by atoms with Crippen LogP contribution in [0.5, 0.6) is 0 Å². The monoisotopic (exact) mass is 684 g/mol. The minimum absolute atomic E-state index is 0.0762. The van der Waals surface area contributed by atoms with Crippen LogP contribution in [0.1, 0.15) is 66.2 Å². The van der Waals surface area contributed by atoms with Crippen molar-refractivity contribution in [2.45, 2.75) is 72.3 Å². The molecule has 1 atom stereocenters. The van der Waals surface area contributed by atoms with Crippen LogP contribution in [0.2, 0.25) is 5.02 Å². The molecule has 5 amide bonds. The van der Waals surface area contributed by atoms with Crippen molar-refractivity contribution in [1.29, 1.82) is 0 Å². The van der Waals surface area contributed by atoms with E-state index >= 15 is 0 Å². The molecule has 1 aliphatic rings. The average molecular weight is 685 g/mol. The zero-order valence-electron chi connectivity index (χ0n) is 29.5. The number of halogens is 1. The minimum atomic E-state index is -0.933. The number of para-hydroxylation sites is 1. The molecule has 0 bridgehead atoms. The molecule has 266 valence electrons. The molecule has 1 unspecified atom stereocenters. The number of piperazine rings is 1. The van der Waals surface area contributed by atoms with Gasteiger partial charge in [0.15, 0.2) is 0 Å². The lowest BCUT2D eigenvalue weighted by atomic mass is 10.1. The molecular formula is C37H57ClN6O4. The van der Waals surface area contributed by atoms with Crippen LogP contribution in [0, 0.1) is 0 Å². The van der Waals surface area contributed by atoms with Crippen LogP contribution in [0.25, 0.3) is 0 Å². The lowest BCUT2D eigenvalue weighted by Gasteiger charge is -2.45. The molecule has 1 aliphatic heterocycles.